The lowest BCUT2D eigenvalue weighted by Crippen LogP contribution is -2.48. The van der Waals surface area contributed by atoms with Crippen LogP contribution in [0.2, 0.25) is 10.0 Å². The molecule has 0 amide bonds. The van der Waals surface area contributed by atoms with Gasteiger partial charge in [-0.2, -0.15) is 0 Å². The minimum Gasteiger partial charge on any atom is -0.316 e. The number of rotatable bonds is 4. The van der Waals surface area contributed by atoms with Gasteiger partial charge in [-0.3, -0.25) is 0 Å². The van der Waals surface area contributed by atoms with E-state index in [9.17, 15) is 8.42 Å². The van der Waals surface area contributed by atoms with Crippen LogP contribution in [0.1, 0.15) is 18.9 Å². The van der Waals surface area contributed by atoms with Gasteiger partial charge in [0.1, 0.15) is 0 Å². The molecular formula is C13H19Cl3N2O2S. The van der Waals surface area contributed by atoms with Crippen LogP contribution in [-0.2, 0) is 15.8 Å². The zero-order valence-electron chi connectivity index (χ0n) is 11.6. The molecule has 2 unspecified atom stereocenters. The van der Waals surface area contributed by atoms with Crippen LogP contribution in [0.3, 0.4) is 0 Å². The van der Waals surface area contributed by atoms with E-state index in [0.29, 0.717) is 15.6 Å². The second-order valence-corrected chi connectivity index (χ2v) is 7.77. The maximum Gasteiger partial charge on any atom is 0.216 e. The van der Waals surface area contributed by atoms with Gasteiger partial charge < -0.3 is 5.32 Å². The number of piperidine rings is 1. The van der Waals surface area contributed by atoms with Crippen molar-refractivity contribution in [3.8, 4) is 0 Å². The fourth-order valence-corrected chi connectivity index (χ4v) is 4.14. The monoisotopic (exact) mass is 372 g/mol. The van der Waals surface area contributed by atoms with Crippen LogP contribution in [0.4, 0.5) is 0 Å². The van der Waals surface area contributed by atoms with Crippen LogP contribution in [-0.4, -0.2) is 27.5 Å². The minimum atomic E-state index is -3.38. The van der Waals surface area contributed by atoms with Gasteiger partial charge in [-0.05, 0) is 43.1 Å². The van der Waals surface area contributed by atoms with E-state index in [4.69, 9.17) is 23.2 Å². The van der Waals surface area contributed by atoms with Crippen LogP contribution in [0.15, 0.2) is 18.2 Å². The third kappa shape index (κ3) is 5.58. The molecule has 8 heteroatoms. The van der Waals surface area contributed by atoms with Crippen molar-refractivity contribution >= 4 is 45.6 Å². The van der Waals surface area contributed by atoms with Crippen LogP contribution < -0.4 is 10.0 Å². The van der Waals surface area contributed by atoms with Crippen molar-refractivity contribution in [1.29, 1.82) is 0 Å². The highest BCUT2D eigenvalue weighted by Gasteiger charge is 2.25. The van der Waals surface area contributed by atoms with Gasteiger partial charge in [-0.15, -0.1) is 12.4 Å². The third-order valence-electron chi connectivity index (χ3n) is 3.46. The lowest BCUT2D eigenvalue weighted by molar-refractivity contribution is 0.328. The molecule has 1 fully saturated rings. The van der Waals surface area contributed by atoms with E-state index in [1.54, 1.807) is 18.2 Å². The van der Waals surface area contributed by atoms with E-state index in [1.165, 1.54) is 0 Å². The smallest absolute Gasteiger partial charge is 0.216 e. The van der Waals surface area contributed by atoms with Gasteiger partial charge in [0.05, 0.1) is 15.8 Å². The Morgan fingerprint density at radius 1 is 1.33 bits per heavy atom. The van der Waals surface area contributed by atoms with Crippen molar-refractivity contribution in [2.45, 2.75) is 25.1 Å². The Balaban J connectivity index is 0.00000220. The van der Waals surface area contributed by atoms with Gasteiger partial charge in [0.2, 0.25) is 10.0 Å². The quantitative estimate of drug-likeness (QED) is 0.853. The van der Waals surface area contributed by atoms with Crippen molar-refractivity contribution in [3.05, 3.63) is 33.8 Å². The number of halogens is 3. The summed E-state index contributed by atoms with van der Waals surface area (Å²) >= 11 is 11.7. The Bertz CT molecular complexity index is 581. The van der Waals surface area contributed by atoms with Gasteiger partial charge in [-0.1, -0.05) is 36.2 Å². The molecule has 0 aromatic heterocycles. The van der Waals surface area contributed by atoms with Gasteiger partial charge in [0.15, 0.2) is 0 Å². The van der Waals surface area contributed by atoms with Gasteiger partial charge >= 0.3 is 0 Å². The van der Waals surface area contributed by atoms with Crippen molar-refractivity contribution in [1.82, 2.24) is 10.0 Å². The second kappa shape index (κ2) is 7.99. The van der Waals surface area contributed by atoms with Crippen LogP contribution in [0, 0.1) is 5.92 Å². The molecule has 1 saturated heterocycles. The fourth-order valence-electron chi connectivity index (χ4n) is 2.31. The SMILES string of the molecule is CC1CNCCC1NS(=O)(=O)Cc1ccc(Cl)c(Cl)c1.Cl. The van der Waals surface area contributed by atoms with E-state index in [-0.39, 0.29) is 30.1 Å². The first-order chi connectivity index (χ1) is 9.37. The highest BCUT2D eigenvalue weighted by atomic mass is 35.5. The zero-order chi connectivity index (χ0) is 14.8. The van der Waals surface area contributed by atoms with Crippen LogP contribution >= 0.6 is 35.6 Å². The Morgan fingerprint density at radius 3 is 2.67 bits per heavy atom. The Hall–Kier alpha value is -0.0400. The summed E-state index contributed by atoms with van der Waals surface area (Å²) in [5.41, 5.74) is 0.633. The van der Waals surface area contributed by atoms with Crippen molar-refractivity contribution in [2.24, 2.45) is 5.92 Å². The van der Waals surface area contributed by atoms with Crippen molar-refractivity contribution in [2.75, 3.05) is 13.1 Å². The Labute approximate surface area is 142 Å². The molecule has 0 saturated carbocycles. The second-order valence-electron chi connectivity index (χ2n) is 5.20. The minimum absolute atomic E-state index is 0. The molecule has 2 atom stereocenters. The average molecular weight is 374 g/mol. The van der Waals surface area contributed by atoms with E-state index >= 15 is 0 Å². The average Bonchev–Trinajstić information content (AvgIpc) is 2.36. The molecule has 120 valence electrons. The largest absolute Gasteiger partial charge is 0.316 e. The highest BCUT2D eigenvalue weighted by molar-refractivity contribution is 7.88. The van der Waals surface area contributed by atoms with E-state index in [1.807, 2.05) is 6.92 Å². The van der Waals surface area contributed by atoms with E-state index in [0.717, 1.165) is 19.5 Å². The summed E-state index contributed by atoms with van der Waals surface area (Å²) < 4.78 is 27.2. The molecule has 21 heavy (non-hydrogen) atoms. The predicted molar refractivity (Wildman–Crippen MR) is 89.9 cm³/mol. The first-order valence-corrected chi connectivity index (χ1v) is 8.93. The van der Waals surface area contributed by atoms with Crippen molar-refractivity contribution in [3.63, 3.8) is 0 Å². The molecule has 0 bridgehead atoms. The first-order valence-electron chi connectivity index (χ1n) is 6.52. The molecule has 1 aliphatic rings. The van der Waals surface area contributed by atoms with E-state index < -0.39 is 10.0 Å². The molecule has 1 heterocycles. The molecular weight excluding hydrogens is 355 g/mol. The Morgan fingerprint density at radius 2 is 2.05 bits per heavy atom. The Kier molecular flexibility index (Phi) is 7.24. The third-order valence-corrected chi connectivity index (χ3v) is 5.57. The number of nitrogens with one attached hydrogen (secondary N) is 2. The lowest BCUT2D eigenvalue weighted by Gasteiger charge is -2.29. The summed E-state index contributed by atoms with van der Waals surface area (Å²) in [6.07, 6.45) is 0.807. The number of sulfonamides is 1. The normalized spacial score (nSPS) is 22.6. The summed E-state index contributed by atoms with van der Waals surface area (Å²) in [5.74, 6) is 0.202. The number of hydrogen-bond donors (Lipinski definition) is 2. The lowest BCUT2D eigenvalue weighted by atomic mass is 9.97. The van der Waals surface area contributed by atoms with Gasteiger partial charge in [0.25, 0.3) is 0 Å². The molecule has 1 aromatic carbocycles. The number of hydrogen-bond acceptors (Lipinski definition) is 3. The highest BCUT2D eigenvalue weighted by Crippen LogP contribution is 2.23. The molecule has 0 spiro atoms. The molecule has 2 rings (SSSR count). The summed E-state index contributed by atoms with van der Waals surface area (Å²) in [7, 11) is -3.38. The molecule has 1 aromatic rings. The standard InChI is InChI=1S/C13H18Cl2N2O2S.ClH/c1-9-7-16-5-4-13(9)17-20(18,19)8-10-2-3-11(14)12(15)6-10;/h2-3,6,9,13,16-17H,4-5,7-8H2,1H3;1H. The van der Waals surface area contributed by atoms with Gasteiger partial charge in [0, 0.05) is 6.04 Å². The molecule has 0 radical (unpaired) electrons. The summed E-state index contributed by atoms with van der Waals surface area (Å²) in [6, 6.07) is 4.87. The maximum atomic E-state index is 12.2. The van der Waals surface area contributed by atoms with Crippen LogP contribution in [0.25, 0.3) is 0 Å². The molecule has 2 N–H and O–H groups in total. The van der Waals surface area contributed by atoms with Gasteiger partial charge in [-0.25, -0.2) is 13.1 Å². The molecule has 0 aliphatic carbocycles. The predicted octanol–water partition coefficient (Wildman–Crippen LogP) is 2.83. The van der Waals surface area contributed by atoms with Crippen LogP contribution in [0.5, 0.6) is 0 Å². The van der Waals surface area contributed by atoms with E-state index in [2.05, 4.69) is 10.0 Å². The molecule has 1 aliphatic heterocycles. The zero-order valence-corrected chi connectivity index (χ0v) is 14.7. The first kappa shape index (κ1) is 19.0. The maximum absolute atomic E-state index is 12.2. The summed E-state index contributed by atoms with van der Waals surface area (Å²) in [4.78, 5) is 0. The summed E-state index contributed by atoms with van der Waals surface area (Å²) in [6.45, 7) is 3.71. The number of benzene rings is 1. The topological polar surface area (TPSA) is 58.2 Å². The van der Waals surface area contributed by atoms with Crippen molar-refractivity contribution < 1.29 is 8.42 Å². The summed E-state index contributed by atoms with van der Waals surface area (Å²) in [5, 5.41) is 4.04. The fraction of sp³-hybridized carbons (Fsp3) is 0.538. The molecule has 4 nitrogen and oxygen atoms in total.